The first-order valence-electron chi connectivity index (χ1n) is 8.49. The highest BCUT2D eigenvalue weighted by molar-refractivity contribution is 8.18. The van der Waals surface area contributed by atoms with Gasteiger partial charge < -0.3 is 4.90 Å². The van der Waals surface area contributed by atoms with Gasteiger partial charge in [-0.15, -0.1) is 0 Å². The van der Waals surface area contributed by atoms with E-state index in [-0.39, 0.29) is 16.7 Å². The monoisotopic (exact) mass is 356 g/mol. The van der Waals surface area contributed by atoms with E-state index in [0.29, 0.717) is 10.9 Å². The Bertz CT molecular complexity index is 834. The number of thioether (sulfide) groups is 1. The number of carbonyl (C=O) groups is 2. The lowest BCUT2D eigenvalue weighted by molar-refractivity contribution is -0.115. The van der Waals surface area contributed by atoms with E-state index in [1.165, 1.54) is 16.8 Å². The predicted octanol–water partition coefficient (Wildman–Crippen LogP) is 4.73. The van der Waals surface area contributed by atoms with Gasteiger partial charge in [0.25, 0.3) is 11.1 Å². The Kier molecular flexibility index (Phi) is 4.31. The molecule has 1 aromatic rings. The number of amides is 2. The molecule has 0 aliphatic carbocycles. The molecule has 1 saturated heterocycles. The van der Waals surface area contributed by atoms with Crippen molar-refractivity contribution < 1.29 is 9.59 Å². The fraction of sp³-hybridized carbons (Fsp3) is 0.400. The first-order valence-corrected chi connectivity index (χ1v) is 9.30. The van der Waals surface area contributed by atoms with Gasteiger partial charge in [0.05, 0.1) is 10.4 Å². The number of benzene rings is 1. The van der Waals surface area contributed by atoms with Crippen LogP contribution in [0, 0.1) is 6.92 Å². The number of fused-ring (bicyclic) bond motifs is 1. The summed E-state index contributed by atoms with van der Waals surface area (Å²) < 4.78 is 0. The van der Waals surface area contributed by atoms with Crippen molar-refractivity contribution in [3.63, 3.8) is 0 Å². The number of hydrogen-bond donors (Lipinski definition) is 1. The van der Waals surface area contributed by atoms with Gasteiger partial charge >= 0.3 is 0 Å². The Labute approximate surface area is 153 Å². The molecule has 0 unspecified atom stereocenters. The van der Waals surface area contributed by atoms with Crippen LogP contribution in [-0.2, 0) is 4.79 Å². The highest BCUT2D eigenvalue weighted by Gasteiger charge is 2.33. The molecule has 0 radical (unpaired) electrons. The number of anilines is 1. The van der Waals surface area contributed by atoms with Gasteiger partial charge in [0.2, 0.25) is 0 Å². The van der Waals surface area contributed by atoms with E-state index in [0.717, 1.165) is 22.9 Å². The zero-order valence-electron chi connectivity index (χ0n) is 15.6. The third-order valence-corrected chi connectivity index (χ3v) is 5.52. The summed E-state index contributed by atoms with van der Waals surface area (Å²) in [7, 11) is 0. The van der Waals surface area contributed by atoms with Gasteiger partial charge in [-0.05, 0) is 88.2 Å². The molecule has 2 amide bonds. The predicted molar refractivity (Wildman–Crippen MR) is 106 cm³/mol. The van der Waals surface area contributed by atoms with E-state index in [4.69, 9.17) is 0 Å². The SMILES string of the molecule is CC1=CC(C)(C)N(C(C)C)c2cc(C)c(/C=C3/SC(=O)NC3=O)cc21. The van der Waals surface area contributed by atoms with Gasteiger partial charge in [0, 0.05) is 17.3 Å². The van der Waals surface area contributed by atoms with Crippen molar-refractivity contribution >= 4 is 40.2 Å². The van der Waals surface area contributed by atoms with E-state index in [9.17, 15) is 9.59 Å². The van der Waals surface area contributed by atoms with Crippen LogP contribution in [0.2, 0.25) is 0 Å². The number of allylic oxidation sites excluding steroid dienone is 1. The zero-order chi connectivity index (χ0) is 18.5. The van der Waals surface area contributed by atoms with Gasteiger partial charge in [0.1, 0.15) is 0 Å². The van der Waals surface area contributed by atoms with Crippen LogP contribution in [0.25, 0.3) is 11.6 Å². The third-order valence-electron chi connectivity index (χ3n) is 4.70. The minimum atomic E-state index is -0.315. The molecule has 0 aromatic heterocycles. The van der Waals surface area contributed by atoms with E-state index >= 15 is 0 Å². The average molecular weight is 356 g/mol. The molecule has 2 aliphatic rings. The molecule has 5 heteroatoms. The lowest BCUT2D eigenvalue weighted by Gasteiger charge is -2.46. The van der Waals surface area contributed by atoms with Crippen molar-refractivity contribution in [2.75, 3.05) is 4.90 Å². The summed E-state index contributed by atoms with van der Waals surface area (Å²) in [4.78, 5) is 26.1. The molecular formula is C20H24N2O2S. The van der Waals surface area contributed by atoms with E-state index in [1.54, 1.807) is 0 Å². The molecule has 25 heavy (non-hydrogen) atoms. The third kappa shape index (κ3) is 3.13. The molecule has 1 fully saturated rings. The second kappa shape index (κ2) is 6.06. The number of rotatable bonds is 2. The summed E-state index contributed by atoms with van der Waals surface area (Å²) in [6, 6.07) is 4.69. The first-order chi connectivity index (χ1) is 11.6. The molecule has 132 valence electrons. The van der Waals surface area contributed by atoms with E-state index in [1.807, 2.05) is 13.0 Å². The molecule has 0 bridgehead atoms. The first kappa shape index (κ1) is 17.8. The number of carbonyl (C=O) groups excluding carboxylic acids is 2. The van der Waals surface area contributed by atoms with Crippen LogP contribution in [0.1, 0.15) is 51.3 Å². The van der Waals surface area contributed by atoms with Gasteiger partial charge in [-0.25, -0.2) is 0 Å². The van der Waals surface area contributed by atoms with Crippen molar-refractivity contribution in [1.29, 1.82) is 0 Å². The Hall–Kier alpha value is -2.01. The molecule has 0 spiro atoms. The summed E-state index contributed by atoms with van der Waals surface area (Å²) in [5.74, 6) is -0.315. The van der Waals surface area contributed by atoms with Crippen LogP contribution in [0.5, 0.6) is 0 Å². The Morgan fingerprint density at radius 2 is 1.88 bits per heavy atom. The number of aryl methyl sites for hydroxylation is 1. The van der Waals surface area contributed by atoms with Crippen LogP contribution in [-0.4, -0.2) is 22.7 Å². The van der Waals surface area contributed by atoms with Crippen molar-refractivity contribution in [1.82, 2.24) is 5.32 Å². The second-order valence-electron chi connectivity index (χ2n) is 7.52. The molecule has 2 heterocycles. The molecule has 1 aromatic carbocycles. The van der Waals surface area contributed by atoms with Gasteiger partial charge in [-0.2, -0.15) is 0 Å². The standard InChI is InChI=1S/C20H24N2O2S/c1-11(2)22-16-7-12(3)14(9-17-18(23)21-19(24)25-17)8-15(16)13(4)10-20(22,5)6/h7-11H,1-6H3,(H,21,23,24)/b17-9+. The number of nitrogens with zero attached hydrogens (tertiary/aromatic N) is 1. The number of hydrogen-bond acceptors (Lipinski definition) is 4. The Morgan fingerprint density at radius 3 is 2.44 bits per heavy atom. The minimum absolute atomic E-state index is 0.0503. The molecule has 4 nitrogen and oxygen atoms in total. The maximum absolute atomic E-state index is 11.8. The summed E-state index contributed by atoms with van der Waals surface area (Å²) in [6.45, 7) is 13.1. The fourth-order valence-electron chi connectivity index (χ4n) is 3.87. The zero-order valence-corrected chi connectivity index (χ0v) is 16.4. The largest absolute Gasteiger partial charge is 0.360 e. The smallest absolute Gasteiger partial charge is 0.290 e. The molecular weight excluding hydrogens is 332 g/mol. The van der Waals surface area contributed by atoms with Gasteiger partial charge in [-0.1, -0.05) is 6.08 Å². The summed E-state index contributed by atoms with van der Waals surface area (Å²) >= 11 is 0.957. The lowest BCUT2D eigenvalue weighted by Crippen LogP contribution is -2.49. The highest BCUT2D eigenvalue weighted by Crippen LogP contribution is 2.42. The van der Waals surface area contributed by atoms with E-state index < -0.39 is 0 Å². The van der Waals surface area contributed by atoms with Crippen LogP contribution in [0.3, 0.4) is 0 Å². The van der Waals surface area contributed by atoms with Crippen LogP contribution >= 0.6 is 11.8 Å². The maximum Gasteiger partial charge on any atom is 0.290 e. The Balaban J connectivity index is 2.13. The second-order valence-corrected chi connectivity index (χ2v) is 8.54. The minimum Gasteiger partial charge on any atom is -0.360 e. The molecule has 2 aliphatic heterocycles. The number of nitrogens with one attached hydrogen (secondary N) is 1. The average Bonchev–Trinajstić information content (AvgIpc) is 2.77. The normalized spacial score (nSPS) is 20.8. The van der Waals surface area contributed by atoms with Crippen molar-refractivity contribution in [3.05, 3.63) is 39.8 Å². The van der Waals surface area contributed by atoms with Gasteiger partial charge in [0.15, 0.2) is 0 Å². The van der Waals surface area contributed by atoms with Crippen molar-refractivity contribution in [3.8, 4) is 0 Å². The van der Waals surface area contributed by atoms with Crippen LogP contribution in [0.15, 0.2) is 23.1 Å². The topological polar surface area (TPSA) is 49.4 Å². The maximum atomic E-state index is 11.8. The Morgan fingerprint density at radius 1 is 1.20 bits per heavy atom. The highest BCUT2D eigenvalue weighted by atomic mass is 32.2. The van der Waals surface area contributed by atoms with Crippen molar-refractivity contribution in [2.45, 2.75) is 53.1 Å². The molecule has 1 N–H and O–H groups in total. The summed E-state index contributed by atoms with van der Waals surface area (Å²) in [5.41, 5.74) is 5.65. The van der Waals surface area contributed by atoms with Gasteiger partial charge in [-0.3, -0.25) is 14.9 Å². The molecule has 0 atom stereocenters. The fourth-order valence-corrected chi connectivity index (χ4v) is 4.55. The quantitative estimate of drug-likeness (QED) is 0.778. The summed E-state index contributed by atoms with van der Waals surface area (Å²) in [5, 5.41) is 2.00. The van der Waals surface area contributed by atoms with Crippen LogP contribution < -0.4 is 10.2 Å². The number of imide groups is 1. The van der Waals surface area contributed by atoms with Crippen molar-refractivity contribution in [2.24, 2.45) is 0 Å². The van der Waals surface area contributed by atoms with E-state index in [2.05, 4.69) is 63.0 Å². The molecule has 3 rings (SSSR count). The lowest BCUT2D eigenvalue weighted by atomic mass is 9.86. The van der Waals surface area contributed by atoms with Crippen LogP contribution in [0.4, 0.5) is 10.5 Å². The molecule has 0 saturated carbocycles. The summed E-state index contributed by atoms with van der Waals surface area (Å²) in [6.07, 6.45) is 4.11.